The van der Waals surface area contributed by atoms with Gasteiger partial charge in [0.05, 0.1) is 0 Å². The molecule has 1 N–H and O–H groups in total. The number of aromatic nitrogens is 4. The first-order valence-electron chi connectivity index (χ1n) is 2.56. The first kappa shape index (κ1) is 10.2. The number of nitrogens with zero attached hydrogens (tertiary/aromatic N) is 4. The molecule has 0 fully saturated rings. The Bertz CT molecular complexity index is 189. The van der Waals surface area contributed by atoms with Crippen LogP contribution in [0.1, 0.15) is 6.92 Å². The van der Waals surface area contributed by atoms with Gasteiger partial charge in [-0.1, -0.05) is 17.7 Å². The average Bonchev–Trinajstić information content (AvgIpc) is 2.18. The molecule has 0 aromatic carbocycles. The number of tetrazole rings is 1. The molecule has 0 aliphatic heterocycles. The fraction of sp³-hybridized carbons (Fsp3) is 0.667. The summed E-state index contributed by atoms with van der Waals surface area (Å²) >= 11 is 3.95. The fourth-order valence-corrected chi connectivity index (χ4v) is 0.585. The second-order valence-electron chi connectivity index (χ2n) is 1.40. The molecule has 0 saturated heterocycles. The van der Waals surface area contributed by atoms with Gasteiger partial charge in [0.1, 0.15) is 0 Å². The monoisotopic (exact) mass is 169 g/mol. The summed E-state index contributed by atoms with van der Waals surface area (Å²) in [6.07, 6.45) is 0. The van der Waals surface area contributed by atoms with Crippen LogP contribution >= 0.6 is 12.6 Å². The Hall–Kier alpha value is 0.220. The molecule has 7 heteroatoms. The van der Waals surface area contributed by atoms with E-state index in [1.165, 1.54) is 4.79 Å². The number of rotatable bonds is 2. The summed E-state index contributed by atoms with van der Waals surface area (Å²) in [6.45, 7) is 2.73. The van der Waals surface area contributed by atoms with E-state index < -0.39 is 0 Å². The first-order valence-corrected chi connectivity index (χ1v) is 3.00. The van der Waals surface area contributed by atoms with Gasteiger partial charge in [0.15, 0.2) is 0 Å². The van der Waals surface area contributed by atoms with Gasteiger partial charge in [-0.2, -0.15) is 0 Å². The predicted molar refractivity (Wildman–Crippen MR) is 42.1 cm³/mol. The Morgan fingerprint density at radius 3 is 2.80 bits per heavy atom. The summed E-state index contributed by atoms with van der Waals surface area (Å²) in [5.74, 6) is 0. The Kier molecular flexibility index (Phi) is 5.06. The topological polar surface area (TPSA) is 55.6 Å². The van der Waals surface area contributed by atoms with Gasteiger partial charge < -0.3 is 5.43 Å². The van der Waals surface area contributed by atoms with Gasteiger partial charge in [0, 0.05) is 6.54 Å². The zero-order valence-electron chi connectivity index (χ0n) is 4.94. The summed E-state index contributed by atoms with van der Waals surface area (Å²) in [4.78, 5) is 1.41. The maximum absolute atomic E-state index is 3.95. The molecule has 0 saturated carbocycles. The van der Waals surface area contributed by atoms with Crippen molar-refractivity contribution >= 4 is 42.2 Å². The fourth-order valence-electron chi connectivity index (χ4n) is 0.434. The summed E-state index contributed by atoms with van der Waals surface area (Å²) in [7, 11) is 0. The summed E-state index contributed by atoms with van der Waals surface area (Å²) < 4.78 is 0. The van der Waals surface area contributed by atoms with Crippen molar-refractivity contribution < 1.29 is 0 Å². The van der Waals surface area contributed by atoms with Crippen molar-refractivity contribution in [2.24, 2.45) is 0 Å². The molecule has 1 aromatic rings. The molecule has 0 spiro atoms. The number of thiol groups is 1. The molecule has 10 heavy (non-hydrogen) atoms. The van der Waals surface area contributed by atoms with E-state index in [4.69, 9.17) is 0 Å². The molecule has 1 heterocycles. The second-order valence-corrected chi connectivity index (χ2v) is 1.80. The van der Waals surface area contributed by atoms with Crippen LogP contribution in [0.3, 0.4) is 0 Å². The number of nitrogens with one attached hydrogen (secondary N) is 1. The second kappa shape index (κ2) is 4.95. The van der Waals surface area contributed by atoms with E-state index in [1.54, 1.807) is 0 Å². The van der Waals surface area contributed by atoms with Crippen LogP contribution in [0.4, 0.5) is 0 Å². The zero-order chi connectivity index (χ0) is 6.69. The summed E-state index contributed by atoms with van der Waals surface area (Å²) in [5, 5.41) is 10.9. The van der Waals surface area contributed by atoms with Gasteiger partial charge >= 0.3 is 29.6 Å². The Morgan fingerprint density at radius 1 is 1.70 bits per heavy atom. The van der Waals surface area contributed by atoms with Gasteiger partial charge in [0.2, 0.25) is 5.16 Å². The van der Waals surface area contributed by atoms with Crippen LogP contribution in [0.2, 0.25) is 0 Å². The Labute approximate surface area is 86.2 Å². The first-order chi connectivity index (χ1) is 4.34. The molecule has 0 atom stereocenters. The van der Waals surface area contributed by atoms with Crippen LogP contribution in [0.15, 0.2) is 5.16 Å². The van der Waals surface area contributed by atoms with Gasteiger partial charge in [-0.15, -0.1) is 4.79 Å². The molecule has 52 valence electrons. The Morgan fingerprint density at radius 2 is 2.40 bits per heavy atom. The van der Waals surface area contributed by atoms with E-state index in [0.29, 0.717) is 5.16 Å². The predicted octanol–water partition coefficient (Wildman–Crippen LogP) is -1.12. The quantitative estimate of drug-likeness (QED) is 0.435. The number of hydrogen-bond acceptors (Lipinski definition) is 5. The molecule has 1 rings (SSSR count). The van der Waals surface area contributed by atoms with Crippen molar-refractivity contribution in [3.05, 3.63) is 0 Å². The zero-order valence-corrected chi connectivity index (χ0v) is 5.84. The molecule has 1 aromatic heterocycles. The standard InChI is InChI=1S/C3H7N5S.Na.H/c1-2-4-8-3(9)5-6-7-8;;/h4H,2H2,1H3,(H,5,7,9);;. The minimum absolute atomic E-state index is 0. The third-order valence-corrected chi connectivity index (χ3v) is 1.04. The molecular formula is C3H8N5NaS. The molecule has 5 nitrogen and oxygen atoms in total. The molecule has 0 unspecified atom stereocenters. The van der Waals surface area contributed by atoms with E-state index in [2.05, 4.69) is 33.6 Å². The van der Waals surface area contributed by atoms with Crippen LogP contribution in [0.25, 0.3) is 0 Å². The minimum atomic E-state index is 0. The molecule has 0 radical (unpaired) electrons. The molecule has 0 aliphatic carbocycles. The Balaban J connectivity index is 0.000000810. The molecular weight excluding hydrogens is 161 g/mol. The van der Waals surface area contributed by atoms with Crippen LogP contribution < -0.4 is 5.43 Å². The average molecular weight is 169 g/mol. The third-order valence-electron chi connectivity index (χ3n) is 0.761. The van der Waals surface area contributed by atoms with E-state index in [9.17, 15) is 0 Å². The number of hydrogen-bond donors (Lipinski definition) is 2. The van der Waals surface area contributed by atoms with Gasteiger partial charge in [-0.25, -0.2) is 0 Å². The van der Waals surface area contributed by atoms with E-state index in [0.717, 1.165) is 6.54 Å². The van der Waals surface area contributed by atoms with E-state index in [1.807, 2.05) is 6.92 Å². The van der Waals surface area contributed by atoms with Crippen LogP contribution in [0, 0.1) is 0 Å². The SMILES string of the molecule is CCNn1nnnc1S.[NaH]. The molecule has 0 aliphatic rings. The van der Waals surface area contributed by atoms with Crippen molar-refractivity contribution in [2.75, 3.05) is 12.0 Å². The van der Waals surface area contributed by atoms with Gasteiger partial charge in [-0.05, 0) is 17.4 Å². The van der Waals surface area contributed by atoms with Crippen LogP contribution in [0.5, 0.6) is 0 Å². The maximum atomic E-state index is 3.95. The molecule has 0 bridgehead atoms. The van der Waals surface area contributed by atoms with Crippen molar-refractivity contribution in [1.82, 2.24) is 20.3 Å². The van der Waals surface area contributed by atoms with Crippen molar-refractivity contribution in [2.45, 2.75) is 12.1 Å². The molecule has 0 amide bonds. The van der Waals surface area contributed by atoms with Gasteiger partial charge in [-0.3, -0.25) is 0 Å². The normalized spacial score (nSPS) is 8.60. The third kappa shape index (κ3) is 2.45. The van der Waals surface area contributed by atoms with Gasteiger partial charge in [0.25, 0.3) is 0 Å². The van der Waals surface area contributed by atoms with Crippen molar-refractivity contribution in [1.29, 1.82) is 0 Å². The van der Waals surface area contributed by atoms with Crippen LogP contribution in [-0.2, 0) is 0 Å². The van der Waals surface area contributed by atoms with Crippen molar-refractivity contribution in [3.63, 3.8) is 0 Å². The summed E-state index contributed by atoms with van der Waals surface area (Å²) in [6, 6.07) is 0. The van der Waals surface area contributed by atoms with Crippen molar-refractivity contribution in [3.8, 4) is 0 Å². The van der Waals surface area contributed by atoms with Crippen LogP contribution in [-0.4, -0.2) is 56.4 Å². The summed E-state index contributed by atoms with van der Waals surface area (Å²) in [5.41, 5.74) is 2.86. The van der Waals surface area contributed by atoms with E-state index in [-0.39, 0.29) is 29.6 Å². The van der Waals surface area contributed by atoms with E-state index >= 15 is 0 Å².